The average molecular weight is 1740 g/mol. The standard InChI is InChI=1S/C97H183N2O21P/c1-8-14-20-26-32-38-40-46-52-58-64-70-86(105)114-80(68-62-56-50-44-36-30-24-18-12-5)74-85(104)99-91-95(119-89(108)75-81(69-63-57-51-45-37-31-25-19-13-6)115-87(106)71-65-59-53-47-41-39-33-27-21-15-9-2)93(120-121(7,111)112)82(76-100)117-97(91)113-77-83-92(109)94(118-88(107)73-79(102)67-61-55-49-43-35-29-23-17-11-4)90(96(110)116-83)98-84(103)72-78(101)66-60-54-48-42-34-28-22-16-10-3/h78-83,90-97,100-102,109-110H,8-77H2,1-7H3,(H,98,103)(H,99,104)(H,111,112)/t78-,79-,80-,81-,82?,83?,90+,91?,92-,93-,94?,95-,96+,97-/m1/s1. The molecule has 2 aliphatic heterocycles. The third-order valence-corrected chi connectivity index (χ3v) is 24.8. The third-order valence-electron chi connectivity index (χ3n) is 24.2. The molecule has 0 aliphatic carbocycles. The van der Waals surface area contributed by atoms with Crippen molar-refractivity contribution in [3.63, 3.8) is 0 Å². The number of carbonyl (C=O) groups excluding carboxylic acids is 6. The van der Waals surface area contributed by atoms with Crippen molar-refractivity contribution >= 4 is 43.3 Å². The van der Waals surface area contributed by atoms with Crippen molar-refractivity contribution < 1.29 is 101 Å². The molecule has 15 atom stereocenters. The van der Waals surface area contributed by atoms with E-state index in [0.29, 0.717) is 64.2 Å². The molecule has 0 radical (unpaired) electrons. The molecule has 8 N–H and O–H groups in total. The first kappa shape index (κ1) is 114. The number of aliphatic hydroxyl groups excluding tert-OH is 5. The van der Waals surface area contributed by atoms with Crippen molar-refractivity contribution in [2.24, 2.45) is 0 Å². The van der Waals surface area contributed by atoms with Crippen molar-refractivity contribution in [3.8, 4) is 0 Å². The summed E-state index contributed by atoms with van der Waals surface area (Å²) >= 11 is 0. The molecule has 0 aromatic carbocycles. The van der Waals surface area contributed by atoms with E-state index in [1.54, 1.807) is 0 Å². The number of unbranched alkanes of at least 4 members (excludes halogenated alkanes) is 52. The number of rotatable bonds is 84. The first-order chi connectivity index (χ1) is 58.6. The van der Waals surface area contributed by atoms with Crippen LogP contribution in [-0.4, -0.2) is 172 Å². The number of esters is 4. The smallest absolute Gasteiger partial charge is 0.325 e. The Bertz CT molecular complexity index is 2550. The van der Waals surface area contributed by atoms with E-state index < -0.39 is 161 Å². The Morgan fingerprint density at radius 2 is 0.661 bits per heavy atom. The fourth-order valence-electron chi connectivity index (χ4n) is 16.8. The molecule has 0 spiro atoms. The SMILES string of the molecule is CCCCCCCCCCCCCC(=O)O[C@H](CCCCCCCCCCC)CC(=O)NC1[C@H](OCC2O[C@H](O)[C@@H](NC(=O)C[C@H](O)CCCCCCCCCCC)C(OC(=O)C[C@H](O)CCCCCCCCCCC)[C@@H]2O)OC(CO)[C@@H](OP(C)(=O)O)[C@@H]1OC(=O)C[C@@H](CCCCCCCCCCC)OC(=O)CCCCCCCCCCCCC. The predicted octanol–water partition coefficient (Wildman–Crippen LogP) is 22.0. The normalized spacial score (nSPS) is 20.8. The monoisotopic (exact) mass is 1740 g/mol. The molecule has 2 amide bonds. The highest BCUT2D eigenvalue weighted by atomic mass is 31.2. The minimum atomic E-state index is -4.62. The van der Waals surface area contributed by atoms with E-state index in [0.717, 1.165) is 193 Å². The van der Waals surface area contributed by atoms with Gasteiger partial charge in [-0.15, -0.1) is 0 Å². The molecule has 5 unspecified atom stereocenters. The van der Waals surface area contributed by atoms with E-state index in [2.05, 4.69) is 52.2 Å². The lowest BCUT2D eigenvalue weighted by atomic mass is 9.95. The topological polar surface area (TPSA) is 339 Å². The zero-order chi connectivity index (χ0) is 88.6. The first-order valence-corrected chi connectivity index (χ1v) is 52.3. The van der Waals surface area contributed by atoms with Crippen molar-refractivity contribution in [1.82, 2.24) is 10.6 Å². The number of nitrogens with one attached hydrogen (secondary N) is 2. The van der Waals surface area contributed by atoms with E-state index in [4.69, 9.17) is 37.7 Å². The van der Waals surface area contributed by atoms with Crippen LogP contribution in [0.3, 0.4) is 0 Å². The van der Waals surface area contributed by atoms with Gasteiger partial charge in [-0.1, -0.05) is 388 Å². The van der Waals surface area contributed by atoms with E-state index >= 15 is 9.59 Å². The summed E-state index contributed by atoms with van der Waals surface area (Å²) in [5.41, 5.74) is 0. The maximum atomic E-state index is 15.2. The molecule has 712 valence electrons. The van der Waals surface area contributed by atoms with Crippen LogP contribution in [0.4, 0.5) is 0 Å². The summed E-state index contributed by atoms with van der Waals surface area (Å²) in [7, 11) is -4.62. The quantitative estimate of drug-likeness (QED) is 0.0121. The molecule has 2 saturated heterocycles. The summed E-state index contributed by atoms with van der Waals surface area (Å²) in [6, 6.07) is -3.33. The second kappa shape index (κ2) is 76.7. The van der Waals surface area contributed by atoms with Crippen molar-refractivity contribution in [1.29, 1.82) is 0 Å². The Labute approximate surface area is 735 Å². The number of amides is 2. The molecule has 23 nitrogen and oxygen atoms in total. The average Bonchev–Trinajstić information content (AvgIpc) is 0.777. The van der Waals surface area contributed by atoms with Gasteiger partial charge in [-0.3, -0.25) is 37.9 Å². The molecule has 121 heavy (non-hydrogen) atoms. The van der Waals surface area contributed by atoms with E-state index in [-0.39, 0.29) is 19.3 Å². The summed E-state index contributed by atoms with van der Waals surface area (Å²) in [5.74, 6) is -4.31. The number of carbonyl (C=O) groups is 6. The molecule has 2 aliphatic rings. The van der Waals surface area contributed by atoms with E-state index in [1.165, 1.54) is 148 Å². The Morgan fingerprint density at radius 3 is 1.02 bits per heavy atom. The fraction of sp³-hybridized carbons (Fsp3) is 0.938. The van der Waals surface area contributed by atoms with Crippen molar-refractivity contribution in [3.05, 3.63) is 0 Å². The zero-order valence-electron chi connectivity index (χ0n) is 77.8. The van der Waals surface area contributed by atoms with Gasteiger partial charge in [0.1, 0.15) is 48.7 Å². The molecule has 2 fully saturated rings. The molecule has 24 heteroatoms. The van der Waals surface area contributed by atoms with Gasteiger partial charge in [0, 0.05) is 19.5 Å². The highest BCUT2D eigenvalue weighted by Gasteiger charge is 2.54. The Morgan fingerprint density at radius 1 is 0.355 bits per heavy atom. The summed E-state index contributed by atoms with van der Waals surface area (Å²) in [6.45, 7) is 12.4. The van der Waals surface area contributed by atoms with Gasteiger partial charge in [0.2, 0.25) is 11.8 Å². The van der Waals surface area contributed by atoms with Crippen LogP contribution in [0.25, 0.3) is 0 Å². The van der Waals surface area contributed by atoms with Gasteiger partial charge in [0.05, 0.1) is 51.1 Å². The van der Waals surface area contributed by atoms with Crippen LogP contribution in [0, 0.1) is 0 Å². The van der Waals surface area contributed by atoms with Gasteiger partial charge < -0.3 is 74.2 Å². The van der Waals surface area contributed by atoms with Gasteiger partial charge in [-0.2, -0.15) is 0 Å². The Balaban J connectivity index is 2.73. The van der Waals surface area contributed by atoms with Crippen molar-refractivity contribution in [2.45, 2.75) is 564 Å². The van der Waals surface area contributed by atoms with Crippen LogP contribution >= 0.6 is 7.60 Å². The molecule has 0 bridgehead atoms. The highest BCUT2D eigenvalue weighted by Crippen LogP contribution is 2.43. The van der Waals surface area contributed by atoms with E-state index in [9.17, 15) is 54.2 Å². The second-order valence-corrected chi connectivity index (χ2v) is 37.8. The summed E-state index contributed by atoms with van der Waals surface area (Å²) in [4.78, 5) is 96.9. The number of hydrogen-bond donors (Lipinski definition) is 8. The molecule has 0 saturated carbocycles. The van der Waals surface area contributed by atoms with Crippen LogP contribution in [0.5, 0.6) is 0 Å². The van der Waals surface area contributed by atoms with Crippen LogP contribution < -0.4 is 10.6 Å². The van der Waals surface area contributed by atoms with Gasteiger partial charge in [-0.05, 0) is 51.4 Å². The van der Waals surface area contributed by atoms with Crippen molar-refractivity contribution in [2.75, 3.05) is 19.9 Å². The second-order valence-electron chi connectivity index (χ2n) is 36.0. The number of aliphatic hydroxyl groups is 5. The number of hydrogen-bond acceptors (Lipinski definition) is 20. The summed E-state index contributed by atoms with van der Waals surface area (Å²) < 4.78 is 63.2. The Hall–Kier alpha value is -3.35. The predicted molar refractivity (Wildman–Crippen MR) is 483 cm³/mol. The van der Waals surface area contributed by atoms with Gasteiger partial charge >= 0.3 is 31.5 Å². The maximum Gasteiger partial charge on any atom is 0.325 e. The lowest BCUT2D eigenvalue weighted by Gasteiger charge is -2.46. The third kappa shape index (κ3) is 60.9. The highest BCUT2D eigenvalue weighted by molar-refractivity contribution is 7.51. The minimum Gasteiger partial charge on any atom is -0.462 e. The van der Waals surface area contributed by atoms with Crippen LogP contribution in [0.2, 0.25) is 0 Å². The lowest BCUT2D eigenvalue weighted by Crippen LogP contribution is -2.68. The molecular formula is C97H183N2O21P. The first-order valence-electron chi connectivity index (χ1n) is 50.2. The largest absolute Gasteiger partial charge is 0.462 e. The molecule has 0 aromatic heterocycles. The lowest BCUT2D eigenvalue weighted by molar-refractivity contribution is -0.298. The zero-order valence-corrected chi connectivity index (χ0v) is 78.7. The number of ether oxygens (including phenoxy) is 7. The molecule has 0 aromatic rings. The van der Waals surface area contributed by atoms with Crippen LogP contribution in [-0.2, 0) is 71.0 Å². The Kier molecular flexibility index (Phi) is 72.1. The summed E-state index contributed by atoms with van der Waals surface area (Å²) in [6.07, 6.45) is 42.7. The fourth-order valence-corrected chi connectivity index (χ4v) is 17.5. The van der Waals surface area contributed by atoms with E-state index in [1.807, 2.05) is 0 Å². The molecule has 2 heterocycles. The molecular weight excluding hydrogens is 1560 g/mol. The van der Waals surface area contributed by atoms with Crippen LogP contribution in [0.15, 0.2) is 0 Å². The minimum absolute atomic E-state index is 0.139. The van der Waals surface area contributed by atoms with Gasteiger partial charge in [0.15, 0.2) is 24.8 Å². The van der Waals surface area contributed by atoms with Gasteiger partial charge in [0.25, 0.3) is 0 Å². The maximum absolute atomic E-state index is 15.2. The van der Waals surface area contributed by atoms with Crippen LogP contribution in [0.1, 0.15) is 478 Å². The summed E-state index contributed by atoms with van der Waals surface area (Å²) in [5, 5.41) is 63.6. The molecule has 2 rings (SSSR count). The van der Waals surface area contributed by atoms with Gasteiger partial charge in [-0.25, -0.2) is 0 Å².